The smallest absolute Gasteiger partial charge is 0.410 e. The number of aliphatic hydroxyl groups excluding tert-OH is 1. The first kappa shape index (κ1) is 22.0. The highest BCUT2D eigenvalue weighted by Crippen LogP contribution is 2.22. The quantitative estimate of drug-likeness (QED) is 0.605. The van der Waals surface area contributed by atoms with E-state index in [1.165, 1.54) is 12.1 Å². The number of carbonyl (C=O) groups excluding carboxylic acids is 1. The van der Waals surface area contributed by atoms with Crippen LogP contribution < -0.4 is 0 Å². The molecule has 0 aromatic heterocycles. The van der Waals surface area contributed by atoms with Crippen molar-refractivity contribution in [3.05, 3.63) is 107 Å². The summed E-state index contributed by atoms with van der Waals surface area (Å²) in [5, 5.41) is 10.8. The predicted octanol–water partition coefficient (Wildman–Crippen LogP) is 4.21. The molecule has 0 spiro atoms. The van der Waals surface area contributed by atoms with Gasteiger partial charge in [-0.25, -0.2) is 9.18 Å². The molecule has 0 radical (unpaired) electrons. The van der Waals surface area contributed by atoms with E-state index < -0.39 is 12.2 Å². The van der Waals surface area contributed by atoms with Crippen LogP contribution in [0.1, 0.15) is 16.7 Å². The minimum absolute atomic E-state index is 0.195. The lowest BCUT2D eigenvalue weighted by Crippen LogP contribution is -2.42. The average Bonchev–Trinajstić information content (AvgIpc) is 3.21. The van der Waals surface area contributed by atoms with E-state index >= 15 is 0 Å². The van der Waals surface area contributed by atoms with Gasteiger partial charge in [-0.15, -0.1) is 0 Å². The van der Waals surface area contributed by atoms with Gasteiger partial charge in [0.2, 0.25) is 0 Å². The minimum atomic E-state index is -0.705. The van der Waals surface area contributed by atoms with E-state index in [-0.39, 0.29) is 25.0 Å². The van der Waals surface area contributed by atoms with E-state index in [0.29, 0.717) is 19.6 Å². The molecular weight excluding hydrogens is 407 g/mol. The number of likely N-dealkylation sites (tertiary alicyclic amines) is 1. The minimum Gasteiger partial charge on any atom is -0.445 e. The average molecular weight is 435 g/mol. The zero-order valence-electron chi connectivity index (χ0n) is 17.8. The normalized spacial score (nSPS) is 18.2. The van der Waals surface area contributed by atoms with Gasteiger partial charge in [-0.2, -0.15) is 0 Å². The molecule has 1 aliphatic heterocycles. The number of rotatable bonds is 7. The molecule has 6 heteroatoms. The third-order valence-electron chi connectivity index (χ3n) is 5.72. The standard InChI is InChI=1S/C26H27FN2O3/c27-23-13-11-21(12-14-23)16-28(15-20-7-3-1-4-8-20)24-17-29(18-25(24)30)26(31)32-19-22-9-5-2-6-10-22/h1-14,24-25,30H,15-19H2/t24-,25-/m1/s1. The summed E-state index contributed by atoms with van der Waals surface area (Å²) >= 11 is 0. The molecule has 0 bridgehead atoms. The molecule has 3 aromatic rings. The number of hydrogen-bond acceptors (Lipinski definition) is 4. The van der Waals surface area contributed by atoms with Crippen molar-refractivity contribution < 1.29 is 19.0 Å². The molecule has 1 fully saturated rings. The first-order chi connectivity index (χ1) is 15.6. The summed E-state index contributed by atoms with van der Waals surface area (Å²) in [4.78, 5) is 16.3. The van der Waals surface area contributed by atoms with Gasteiger partial charge in [0.05, 0.1) is 18.7 Å². The van der Waals surface area contributed by atoms with Crippen LogP contribution in [0.25, 0.3) is 0 Å². The first-order valence-corrected chi connectivity index (χ1v) is 10.7. The molecular formula is C26H27FN2O3. The Bertz CT molecular complexity index is 999. The third-order valence-corrected chi connectivity index (χ3v) is 5.72. The van der Waals surface area contributed by atoms with Crippen molar-refractivity contribution in [2.75, 3.05) is 13.1 Å². The lowest BCUT2D eigenvalue weighted by Gasteiger charge is -2.30. The van der Waals surface area contributed by atoms with E-state index in [0.717, 1.165) is 16.7 Å². The number of hydrogen-bond donors (Lipinski definition) is 1. The Morgan fingerprint density at radius 2 is 1.44 bits per heavy atom. The zero-order valence-corrected chi connectivity index (χ0v) is 17.8. The largest absolute Gasteiger partial charge is 0.445 e. The van der Waals surface area contributed by atoms with Crippen LogP contribution in [0.4, 0.5) is 9.18 Å². The van der Waals surface area contributed by atoms with Gasteiger partial charge in [0, 0.05) is 19.6 Å². The van der Waals surface area contributed by atoms with Crippen LogP contribution in [-0.2, 0) is 24.4 Å². The second-order valence-electron chi connectivity index (χ2n) is 8.10. The van der Waals surface area contributed by atoms with Gasteiger partial charge < -0.3 is 14.7 Å². The Morgan fingerprint density at radius 1 is 0.875 bits per heavy atom. The summed E-state index contributed by atoms with van der Waals surface area (Å²) in [6.07, 6.45) is -1.14. The van der Waals surface area contributed by atoms with Gasteiger partial charge in [0.1, 0.15) is 12.4 Å². The van der Waals surface area contributed by atoms with Crippen LogP contribution in [0, 0.1) is 5.82 Å². The molecule has 0 aliphatic carbocycles. The van der Waals surface area contributed by atoms with Gasteiger partial charge in [-0.1, -0.05) is 72.8 Å². The summed E-state index contributed by atoms with van der Waals surface area (Å²) < 4.78 is 18.8. The molecule has 0 unspecified atom stereocenters. The second-order valence-corrected chi connectivity index (χ2v) is 8.10. The summed E-state index contributed by atoms with van der Waals surface area (Å²) in [6, 6.07) is 25.6. The fourth-order valence-corrected chi connectivity index (χ4v) is 4.02. The van der Waals surface area contributed by atoms with Crippen LogP contribution in [-0.4, -0.2) is 46.2 Å². The number of amides is 1. The lowest BCUT2D eigenvalue weighted by atomic mass is 10.1. The van der Waals surface area contributed by atoms with Crippen LogP contribution in [0.2, 0.25) is 0 Å². The molecule has 1 aliphatic rings. The van der Waals surface area contributed by atoms with Crippen LogP contribution in [0.5, 0.6) is 0 Å². The Kier molecular flexibility index (Phi) is 7.14. The lowest BCUT2D eigenvalue weighted by molar-refractivity contribution is 0.0728. The molecule has 1 heterocycles. The number of aliphatic hydroxyl groups is 1. The number of halogens is 1. The van der Waals surface area contributed by atoms with Crippen molar-refractivity contribution >= 4 is 6.09 Å². The van der Waals surface area contributed by atoms with Gasteiger partial charge in [0.25, 0.3) is 0 Å². The Hall–Kier alpha value is -3.22. The van der Waals surface area contributed by atoms with Crippen molar-refractivity contribution in [2.24, 2.45) is 0 Å². The van der Waals surface area contributed by atoms with Crippen LogP contribution in [0.15, 0.2) is 84.9 Å². The highest BCUT2D eigenvalue weighted by molar-refractivity contribution is 5.68. The second kappa shape index (κ2) is 10.4. The van der Waals surface area contributed by atoms with Gasteiger partial charge in [0.15, 0.2) is 0 Å². The third kappa shape index (κ3) is 5.72. The Balaban J connectivity index is 1.44. The monoisotopic (exact) mass is 434 g/mol. The zero-order chi connectivity index (χ0) is 22.3. The van der Waals surface area contributed by atoms with Gasteiger partial charge >= 0.3 is 6.09 Å². The molecule has 166 valence electrons. The maximum atomic E-state index is 13.4. The summed E-state index contributed by atoms with van der Waals surface area (Å²) in [5.41, 5.74) is 2.96. The fourth-order valence-electron chi connectivity index (χ4n) is 4.02. The number of benzene rings is 3. The molecule has 1 saturated heterocycles. The van der Waals surface area contributed by atoms with Crippen LogP contribution in [0.3, 0.4) is 0 Å². The van der Waals surface area contributed by atoms with Gasteiger partial charge in [-0.05, 0) is 28.8 Å². The van der Waals surface area contributed by atoms with Crippen LogP contribution >= 0.6 is 0 Å². The molecule has 4 rings (SSSR count). The van der Waals surface area contributed by atoms with Gasteiger partial charge in [-0.3, -0.25) is 4.90 Å². The highest BCUT2D eigenvalue weighted by atomic mass is 19.1. The van der Waals surface area contributed by atoms with E-state index in [1.807, 2.05) is 60.7 Å². The predicted molar refractivity (Wildman–Crippen MR) is 120 cm³/mol. The van der Waals surface area contributed by atoms with Crippen molar-refractivity contribution in [1.82, 2.24) is 9.80 Å². The van der Waals surface area contributed by atoms with Crippen molar-refractivity contribution in [2.45, 2.75) is 31.8 Å². The topological polar surface area (TPSA) is 53.0 Å². The molecule has 1 amide bonds. The Labute approximate surface area is 187 Å². The summed E-state index contributed by atoms with van der Waals surface area (Å²) in [5.74, 6) is -0.281. The highest BCUT2D eigenvalue weighted by Gasteiger charge is 2.38. The SMILES string of the molecule is O=C(OCc1ccccc1)N1C[C@@H](O)[C@H](N(Cc2ccccc2)Cc2ccc(F)cc2)C1. The maximum absolute atomic E-state index is 13.4. The summed E-state index contributed by atoms with van der Waals surface area (Å²) in [6.45, 7) is 1.91. The molecule has 1 N–H and O–H groups in total. The number of ether oxygens (including phenoxy) is 1. The maximum Gasteiger partial charge on any atom is 0.410 e. The fraction of sp³-hybridized carbons (Fsp3) is 0.269. The van der Waals surface area contributed by atoms with Crippen molar-refractivity contribution in [3.63, 3.8) is 0 Å². The molecule has 3 aromatic carbocycles. The van der Waals surface area contributed by atoms with E-state index in [4.69, 9.17) is 4.74 Å². The van der Waals surface area contributed by atoms with Crippen molar-refractivity contribution in [3.8, 4) is 0 Å². The van der Waals surface area contributed by atoms with Crippen molar-refractivity contribution in [1.29, 1.82) is 0 Å². The molecule has 0 saturated carbocycles. The number of nitrogens with zero attached hydrogens (tertiary/aromatic N) is 2. The Morgan fingerprint density at radius 3 is 2.06 bits per heavy atom. The van der Waals surface area contributed by atoms with E-state index in [9.17, 15) is 14.3 Å². The molecule has 32 heavy (non-hydrogen) atoms. The first-order valence-electron chi connectivity index (χ1n) is 10.7. The molecule has 5 nitrogen and oxygen atoms in total. The number of β-amino-alcohol motifs (C(OH)–C–C–N with tert-alkyl or cyclic N) is 1. The molecule has 2 atom stereocenters. The van der Waals surface area contributed by atoms with E-state index in [1.54, 1.807) is 17.0 Å². The summed E-state index contributed by atoms with van der Waals surface area (Å²) in [7, 11) is 0. The number of carbonyl (C=O) groups is 1. The van der Waals surface area contributed by atoms with E-state index in [2.05, 4.69) is 4.90 Å².